The third kappa shape index (κ3) is 2.45. The van der Waals surface area contributed by atoms with E-state index in [0.717, 1.165) is 10.9 Å². The second-order valence-electron chi connectivity index (χ2n) is 5.09. The summed E-state index contributed by atoms with van der Waals surface area (Å²) in [6.07, 6.45) is 0.690. The molecule has 0 saturated carbocycles. The van der Waals surface area contributed by atoms with Gasteiger partial charge in [0.2, 0.25) is 5.89 Å². The molecule has 2 heterocycles. The molecule has 1 atom stereocenters. The van der Waals surface area contributed by atoms with E-state index >= 15 is 0 Å². The molecule has 7 heteroatoms. The Hall–Kier alpha value is -2.70. The van der Waals surface area contributed by atoms with Gasteiger partial charge in [-0.25, -0.2) is 0 Å². The Labute approximate surface area is 127 Å². The van der Waals surface area contributed by atoms with Gasteiger partial charge in [-0.05, 0) is 13.0 Å². The minimum absolute atomic E-state index is 0.263. The van der Waals surface area contributed by atoms with Crippen LogP contribution in [0.25, 0.3) is 10.9 Å². The summed E-state index contributed by atoms with van der Waals surface area (Å²) in [5.74, 6) is 0.755. The SMILES string of the molecule is CCc1noc([C@@H](C)NC(=O)c2nn(C)c3ccccc23)n1. The summed E-state index contributed by atoms with van der Waals surface area (Å²) in [5, 5.41) is 11.8. The molecular formula is C15H17N5O2. The van der Waals surface area contributed by atoms with Crippen molar-refractivity contribution < 1.29 is 9.32 Å². The van der Waals surface area contributed by atoms with Crippen molar-refractivity contribution in [1.29, 1.82) is 0 Å². The Morgan fingerprint density at radius 3 is 2.91 bits per heavy atom. The second kappa shape index (κ2) is 5.59. The van der Waals surface area contributed by atoms with E-state index in [4.69, 9.17) is 4.52 Å². The van der Waals surface area contributed by atoms with Crippen molar-refractivity contribution in [3.63, 3.8) is 0 Å². The van der Waals surface area contributed by atoms with Gasteiger partial charge in [-0.1, -0.05) is 30.3 Å². The monoisotopic (exact) mass is 299 g/mol. The van der Waals surface area contributed by atoms with Gasteiger partial charge < -0.3 is 9.84 Å². The lowest BCUT2D eigenvalue weighted by molar-refractivity contribution is 0.0928. The zero-order valence-corrected chi connectivity index (χ0v) is 12.7. The van der Waals surface area contributed by atoms with Crippen LogP contribution in [0.3, 0.4) is 0 Å². The molecule has 0 fully saturated rings. The number of carbonyl (C=O) groups is 1. The maximum absolute atomic E-state index is 12.5. The van der Waals surface area contributed by atoms with E-state index in [1.807, 2.05) is 38.2 Å². The highest BCUT2D eigenvalue weighted by atomic mass is 16.5. The number of para-hydroxylation sites is 1. The van der Waals surface area contributed by atoms with Crippen molar-refractivity contribution in [3.05, 3.63) is 41.7 Å². The average molecular weight is 299 g/mol. The fraction of sp³-hybridized carbons (Fsp3) is 0.333. The average Bonchev–Trinajstić information content (AvgIpc) is 3.13. The molecule has 0 spiro atoms. The zero-order chi connectivity index (χ0) is 15.7. The molecule has 0 aliphatic carbocycles. The molecule has 0 bridgehead atoms. The summed E-state index contributed by atoms with van der Waals surface area (Å²) in [6.45, 7) is 3.74. The van der Waals surface area contributed by atoms with Crippen LogP contribution >= 0.6 is 0 Å². The number of amides is 1. The fourth-order valence-corrected chi connectivity index (χ4v) is 2.30. The van der Waals surface area contributed by atoms with Crippen LogP contribution in [0, 0.1) is 0 Å². The van der Waals surface area contributed by atoms with Crippen LogP contribution in [0.5, 0.6) is 0 Å². The van der Waals surface area contributed by atoms with Gasteiger partial charge in [-0.15, -0.1) is 0 Å². The van der Waals surface area contributed by atoms with E-state index in [1.54, 1.807) is 11.6 Å². The molecule has 0 saturated heterocycles. The third-order valence-electron chi connectivity index (χ3n) is 3.49. The van der Waals surface area contributed by atoms with E-state index in [0.29, 0.717) is 23.8 Å². The molecule has 0 aliphatic rings. The van der Waals surface area contributed by atoms with Crippen LogP contribution < -0.4 is 5.32 Å². The lowest BCUT2D eigenvalue weighted by Crippen LogP contribution is -2.27. The Balaban J connectivity index is 1.84. The molecule has 22 heavy (non-hydrogen) atoms. The first-order chi connectivity index (χ1) is 10.6. The van der Waals surface area contributed by atoms with Gasteiger partial charge in [0.25, 0.3) is 5.91 Å². The van der Waals surface area contributed by atoms with Crippen LogP contribution in [0.2, 0.25) is 0 Å². The Morgan fingerprint density at radius 2 is 2.18 bits per heavy atom. The van der Waals surface area contributed by atoms with E-state index in [1.165, 1.54) is 0 Å². The van der Waals surface area contributed by atoms with Crippen molar-refractivity contribution >= 4 is 16.8 Å². The van der Waals surface area contributed by atoms with Crippen LogP contribution in [-0.4, -0.2) is 25.8 Å². The lowest BCUT2D eigenvalue weighted by atomic mass is 10.2. The third-order valence-corrected chi connectivity index (χ3v) is 3.49. The summed E-state index contributed by atoms with van der Waals surface area (Å²) in [5.41, 5.74) is 1.30. The fourth-order valence-electron chi connectivity index (χ4n) is 2.30. The zero-order valence-electron chi connectivity index (χ0n) is 12.7. The van der Waals surface area contributed by atoms with Gasteiger partial charge in [0.15, 0.2) is 11.5 Å². The predicted octanol–water partition coefficient (Wildman–Crippen LogP) is 2.01. The van der Waals surface area contributed by atoms with Crippen molar-refractivity contribution in [2.45, 2.75) is 26.3 Å². The van der Waals surface area contributed by atoms with Gasteiger partial charge in [0.05, 0.1) is 5.52 Å². The molecule has 3 aromatic rings. The Bertz CT molecular complexity index is 820. The highest BCUT2D eigenvalue weighted by Crippen LogP contribution is 2.18. The maximum Gasteiger partial charge on any atom is 0.273 e. The highest BCUT2D eigenvalue weighted by molar-refractivity contribution is 6.04. The minimum atomic E-state index is -0.374. The molecule has 114 valence electrons. The van der Waals surface area contributed by atoms with Crippen molar-refractivity contribution in [2.75, 3.05) is 0 Å². The summed E-state index contributed by atoms with van der Waals surface area (Å²) in [7, 11) is 1.81. The summed E-state index contributed by atoms with van der Waals surface area (Å²) in [6, 6.07) is 7.23. The molecule has 3 rings (SSSR count). The topological polar surface area (TPSA) is 85.8 Å². The van der Waals surface area contributed by atoms with Gasteiger partial charge in [-0.3, -0.25) is 9.48 Å². The molecule has 1 amide bonds. The minimum Gasteiger partial charge on any atom is -0.339 e. The number of fused-ring (bicyclic) bond motifs is 1. The van der Waals surface area contributed by atoms with Crippen LogP contribution in [-0.2, 0) is 13.5 Å². The smallest absolute Gasteiger partial charge is 0.273 e. The molecular weight excluding hydrogens is 282 g/mol. The number of nitrogens with zero attached hydrogens (tertiary/aromatic N) is 4. The normalized spacial score (nSPS) is 12.5. The van der Waals surface area contributed by atoms with Crippen LogP contribution in [0.1, 0.15) is 42.1 Å². The molecule has 0 unspecified atom stereocenters. The number of carbonyl (C=O) groups excluding carboxylic acids is 1. The second-order valence-corrected chi connectivity index (χ2v) is 5.09. The summed E-state index contributed by atoms with van der Waals surface area (Å²) >= 11 is 0. The molecule has 7 nitrogen and oxygen atoms in total. The van der Waals surface area contributed by atoms with Crippen LogP contribution in [0.4, 0.5) is 0 Å². The largest absolute Gasteiger partial charge is 0.339 e. The first-order valence-electron chi connectivity index (χ1n) is 7.15. The van der Waals surface area contributed by atoms with Crippen LogP contribution in [0.15, 0.2) is 28.8 Å². The highest BCUT2D eigenvalue weighted by Gasteiger charge is 2.21. The number of nitrogens with one attached hydrogen (secondary N) is 1. The first-order valence-corrected chi connectivity index (χ1v) is 7.15. The van der Waals surface area contributed by atoms with Gasteiger partial charge in [-0.2, -0.15) is 10.1 Å². The maximum atomic E-state index is 12.5. The number of benzene rings is 1. The number of aromatic nitrogens is 4. The number of aryl methyl sites for hydroxylation is 2. The number of hydrogen-bond acceptors (Lipinski definition) is 5. The molecule has 0 aliphatic heterocycles. The van der Waals surface area contributed by atoms with Gasteiger partial charge in [0.1, 0.15) is 6.04 Å². The van der Waals surface area contributed by atoms with E-state index in [-0.39, 0.29) is 11.9 Å². The Kier molecular flexibility index (Phi) is 3.62. The first kappa shape index (κ1) is 14.2. The molecule has 1 N–H and O–H groups in total. The summed E-state index contributed by atoms with van der Waals surface area (Å²) in [4.78, 5) is 16.7. The standard InChI is InChI=1S/C15H17N5O2/c1-4-12-17-15(22-19-12)9(2)16-14(21)13-10-7-5-6-8-11(10)20(3)18-13/h5-9H,4H2,1-3H3,(H,16,21)/t9-/m1/s1. The van der Waals surface area contributed by atoms with Crippen molar-refractivity contribution in [1.82, 2.24) is 25.2 Å². The Morgan fingerprint density at radius 1 is 1.41 bits per heavy atom. The van der Waals surface area contributed by atoms with Gasteiger partial charge >= 0.3 is 0 Å². The summed E-state index contributed by atoms with van der Waals surface area (Å²) < 4.78 is 6.84. The van der Waals surface area contributed by atoms with Crippen molar-refractivity contribution in [2.24, 2.45) is 7.05 Å². The lowest BCUT2D eigenvalue weighted by Gasteiger charge is -2.08. The molecule has 0 radical (unpaired) electrons. The van der Waals surface area contributed by atoms with E-state index in [2.05, 4.69) is 20.6 Å². The molecule has 1 aromatic carbocycles. The van der Waals surface area contributed by atoms with E-state index < -0.39 is 0 Å². The quantitative estimate of drug-likeness (QED) is 0.796. The number of rotatable bonds is 4. The predicted molar refractivity (Wildman–Crippen MR) is 80.3 cm³/mol. The van der Waals surface area contributed by atoms with E-state index in [9.17, 15) is 4.79 Å². The number of hydrogen-bond donors (Lipinski definition) is 1. The van der Waals surface area contributed by atoms with Gasteiger partial charge in [0, 0.05) is 18.9 Å². The molecule has 2 aromatic heterocycles. The van der Waals surface area contributed by atoms with Crippen molar-refractivity contribution in [3.8, 4) is 0 Å².